The number of rotatable bonds is 10. The van der Waals surface area contributed by atoms with Crippen LogP contribution in [0.2, 0.25) is 0 Å². The zero-order valence-electron chi connectivity index (χ0n) is 28.1. The van der Waals surface area contributed by atoms with Gasteiger partial charge >= 0.3 is 0 Å². The van der Waals surface area contributed by atoms with Gasteiger partial charge in [-0.3, -0.25) is 0 Å². The minimum Gasteiger partial charge on any atom is -0.457 e. The van der Waals surface area contributed by atoms with E-state index in [9.17, 15) is 0 Å². The van der Waals surface area contributed by atoms with Crippen molar-refractivity contribution in [2.45, 2.75) is 0 Å². The Morgan fingerprint density at radius 3 is 0.765 bits per heavy atom. The van der Waals surface area contributed by atoms with Crippen LogP contribution in [-0.4, -0.2) is 0 Å². The van der Waals surface area contributed by atoms with Gasteiger partial charge in [-0.1, -0.05) is 121 Å². The lowest BCUT2D eigenvalue weighted by Gasteiger charge is -2.26. The topological polar surface area (TPSA) is 15.7 Å². The van der Waals surface area contributed by atoms with Crippen LogP contribution in [-0.2, 0) is 0 Å². The maximum atomic E-state index is 6.36. The Morgan fingerprint density at radius 2 is 0.451 bits per heavy atom. The van der Waals surface area contributed by atoms with Crippen LogP contribution in [0.1, 0.15) is 0 Å². The Morgan fingerprint density at radius 1 is 0.216 bits per heavy atom. The molecule has 0 N–H and O–H groups in total. The molecule has 3 heteroatoms. The van der Waals surface area contributed by atoms with Gasteiger partial charge in [-0.25, -0.2) is 0 Å². The summed E-state index contributed by atoms with van der Waals surface area (Å²) in [6, 6.07) is 75.8. The predicted molar refractivity (Wildman–Crippen MR) is 213 cm³/mol. The van der Waals surface area contributed by atoms with Crippen molar-refractivity contribution >= 4 is 34.1 Å². The van der Waals surface area contributed by atoms with Crippen LogP contribution in [0.5, 0.6) is 11.5 Å². The van der Waals surface area contributed by atoms with E-state index in [4.69, 9.17) is 4.74 Å². The molecule has 0 radical (unpaired) electrons. The molecule has 0 aliphatic heterocycles. The molecule has 0 aliphatic carbocycles. The maximum Gasteiger partial charge on any atom is 0.127 e. The molecule has 0 atom stereocenters. The second-order valence-corrected chi connectivity index (χ2v) is 12.3. The van der Waals surface area contributed by atoms with E-state index in [-0.39, 0.29) is 0 Å². The molecule has 244 valence electrons. The van der Waals surface area contributed by atoms with E-state index in [0.717, 1.165) is 45.6 Å². The number of nitrogens with zero attached hydrogens (tertiary/aromatic N) is 2. The molecule has 0 saturated carbocycles. The average Bonchev–Trinajstić information content (AvgIpc) is 3.21. The van der Waals surface area contributed by atoms with Crippen LogP contribution in [0, 0.1) is 0 Å². The SMILES string of the molecule is c1ccc(-c2ccc(N(c3ccc(Oc4ccc(N(c5ccccc5)c5ccccc5)cc4)cc3)c3ccc(-c4ccccc4)cc3)cc2)cc1. The third-order valence-electron chi connectivity index (χ3n) is 8.92. The van der Waals surface area contributed by atoms with Gasteiger partial charge in [0.1, 0.15) is 11.5 Å². The van der Waals surface area contributed by atoms with Gasteiger partial charge in [-0.2, -0.15) is 0 Å². The first-order valence-corrected chi connectivity index (χ1v) is 17.2. The van der Waals surface area contributed by atoms with Crippen LogP contribution in [0.3, 0.4) is 0 Å². The Hall–Kier alpha value is -6.84. The van der Waals surface area contributed by atoms with Crippen LogP contribution in [0.15, 0.2) is 218 Å². The third kappa shape index (κ3) is 7.15. The van der Waals surface area contributed by atoms with Crippen molar-refractivity contribution < 1.29 is 4.74 Å². The molecule has 0 amide bonds. The van der Waals surface area contributed by atoms with Crippen LogP contribution in [0.25, 0.3) is 22.3 Å². The first kappa shape index (κ1) is 31.4. The minimum absolute atomic E-state index is 0.772. The Labute approximate surface area is 299 Å². The van der Waals surface area contributed by atoms with Gasteiger partial charge in [0.25, 0.3) is 0 Å². The number of anilines is 6. The summed E-state index contributed by atoms with van der Waals surface area (Å²) >= 11 is 0. The van der Waals surface area contributed by atoms with Crippen molar-refractivity contribution in [3.63, 3.8) is 0 Å². The highest BCUT2D eigenvalue weighted by Crippen LogP contribution is 2.39. The van der Waals surface area contributed by atoms with Gasteiger partial charge in [0, 0.05) is 34.1 Å². The Balaban J connectivity index is 1.06. The molecule has 0 heterocycles. The van der Waals surface area contributed by atoms with E-state index in [1.807, 2.05) is 48.5 Å². The number of para-hydroxylation sites is 2. The summed E-state index contributed by atoms with van der Waals surface area (Å²) in [6.45, 7) is 0. The molecule has 8 aromatic rings. The lowest BCUT2D eigenvalue weighted by Crippen LogP contribution is -2.10. The van der Waals surface area contributed by atoms with Gasteiger partial charge in [0.2, 0.25) is 0 Å². The van der Waals surface area contributed by atoms with Crippen molar-refractivity contribution in [2.75, 3.05) is 9.80 Å². The van der Waals surface area contributed by atoms with E-state index in [1.54, 1.807) is 0 Å². The van der Waals surface area contributed by atoms with E-state index in [1.165, 1.54) is 22.3 Å². The summed E-state index contributed by atoms with van der Waals surface area (Å²) in [4.78, 5) is 4.52. The highest BCUT2D eigenvalue weighted by atomic mass is 16.5. The lowest BCUT2D eigenvalue weighted by molar-refractivity contribution is 0.483. The van der Waals surface area contributed by atoms with E-state index in [0.29, 0.717) is 0 Å². The van der Waals surface area contributed by atoms with Gasteiger partial charge in [0.05, 0.1) is 0 Å². The monoisotopic (exact) mass is 656 g/mol. The van der Waals surface area contributed by atoms with E-state index in [2.05, 4.69) is 180 Å². The summed E-state index contributed by atoms with van der Waals surface area (Å²) < 4.78 is 6.36. The van der Waals surface area contributed by atoms with Gasteiger partial charge in [-0.05, 0) is 119 Å². The molecule has 0 bridgehead atoms. The summed E-state index contributed by atoms with van der Waals surface area (Å²) in [7, 11) is 0. The zero-order chi connectivity index (χ0) is 34.2. The molecule has 0 aliphatic rings. The number of ether oxygens (including phenoxy) is 1. The first-order valence-electron chi connectivity index (χ1n) is 17.2. The van der Waals surface area contributed by atoms with Crippen LogP contribution >= 0.6 is 0 Å². The molecule has 8 rings (SSSR count). The minimum atomic E-state index is 0.772. The normalized spacial score (nSPS) is 10.7. The highest BCUT2D eigenvalue weighted by molar-refractivity contribution is 5.80. The maximum absolute atomic E-state index is 6.36. The average molecular weight is 657 g/mol. The van der Waals surface area contributed by atoms with E-state index < -0.39 is 0 Å². The Kier molecular flexibility index (Phi) is 9.08. The lowest BCUT2D eigenvalue weighted by atomic mass is 10.0. The fourth-order valence-electron chi connectivity index (χ4n) is 6.38. The fraction of sp³-hybridized carbons (Fsp3) is 0. The molecule has 3 nitrogen and oxygen atoms in total. The molecule has 0 spiro atoms. The van der Waals surface area contributed by atoms with Crippen molar-refractivity contribution in [2.24, 2.45) is 0 Å². The van der Waals surface area contributed by atoms with Crippen LogP contribution < -0.4 is 14.5 Å². The van der Waals surface area contributed by atoms with Gasteiger partial charge in [0.15, 0.2) is 0 Å². The number of hydrogen-bond donors (Lipinski definition) is 0. The fourth-order valence-corrected chi connectivity index (χ4v) is 6.38. The predicted octanol–water partition coefficient (Wildman–Crippen LogP) is 13.8. The van der Waals surface area contributed by atoms with Crippen LogP contribution in [0.4, 0.5) is 34.1 Å². The largest absolute Gasteiger partial charge is 0.457 e. The molecular formula is C48H36N2O. The summed E-state index contributed by atoms with van der Waals surface area (Å²) in [5.74, 6) is 1.55. The Bertz CT molecular complexity index is 2150. The van der Waals surface area contributed by atoms with Crippen molar-refractivity contribution in [3.05, 3.63) is 218 Å². The third-order valence-corrected chi connectivity index (χ3v) is 8.92. The molecule has 0 fully saturated rings. The molecule has 0 saturated heterocycles. The molecular weight excluding hydrogens is 621 g/mol. The summed E-state index contributed by atoms with van der Waals surface area (Å²) in [6.07, 6.45) is 0. The summed E-state index contributed by atoms with van der Waals surface area (Å²) in [5, 5.41) is 0. The number of benzene rings is 8. The first-order chi connectivity index (χ1) is 25.3. The zero-order valence-corrected chi connectivity index (χ0v) is 28.1. The molecule has 0 unspecified atom stereocenters. The molecule has 51 heavy (non-hydrogen) atoms. The van der Waals surface area contributed by atoms with Crippen molar-refractivity contribution in [1.82, 2.24) is 0 Å². The molecule has 0 aromatic heterocycles. The van der Waals surface area contributed by atoms with Crippen molar-refractivity contribution in [1.29, 1.82) is 0 Å². The van der Waals surface area contributed by atoms with Crippen molar-refractivity contribution in [3.8, 4) is 33.8 Å². The second-order valence-electron chi connectivity index (χ2n) is 12.3. The summed E-state index contributed by atoms with van der Waals surface area (Å²) in [5.41, 5.74) is 11.2. The highest BCUT2D eigenvalue weighted by Gasteiger charge is 2.15. The smallest absolute Gasteiger partial charge is 0.127 e. The van der Waals surface area contributed by atoms with Gasteiger partial charge in [-0.15, -0.1) is 0 Å². The second kappa shape index (κ2) is 14.7. The quantitative estimate of drug-likeness (QED) is 0.146. The van der Waals surface area contributed by atoms with Gasteiger partial charge < -0.3 is 14.5 Å². The number of hydrogen-bond acceptors (Lipinski definition) is 3. The molecule has 8 aromatic carbocycles. The standard InChI is InChI=1S/C48H36N2O/c1-5-13-37(14-6-1)39-21-25-43(26-22-39)50(44-27-23-40(24-28-44)38-15-7-2-8-16-38)46-31-35-48(36-32-46)51-47-33-29-45(30-34-47)49(41-17-9-3-10-18-41)42-19-11-4-12-20-42/h1-36H. The van der Waals surface area contributed by atoms with E-state index >= 15 is 0 Å².